The Labute approximate surface area is 186 Å². The highest BCUT2D eigenvalue weighted by atomic mass is 32.2. The molecule has 1 amide bonds. The molecule has 0 aromatic heterocycles. The van der Waals surface area contributed by atoms with Crippen molar-refractivity contribution in [3.8, 4) is 5.75 Å². The molecule has 31 heavy (non-hydrogen) atoms. The molecule has 170 valence electrons. The molecule has 0 saturated carbocycles. The molecule has 2 aromatic rings. The van der Waals surface area contributed by atoms with Crippen molar-refractivity contribution in [2.45, 2.75) is 46.5 Å². The molecule has 0 radical (unpaired) electrons. The van der Waals surface area contributed by atoms with Gasteiger partial charge in [0, 0.05) is 19.5 Å². The van der Waals surface area contributed by atoms with Gasteiger partial charge < -0.3 is 10.1 Å². The average Bonchev–Trinajstić information content (AvgIpc) is 2.71. The molecule has 0 aliphatic carbocycles. The van der Waals surface area contributed by atoms with Crippen molar-refractivity contribution in [2.75, 3.05) is 30.3 Å². The van der Waals surface area contributed by atoms with Crippen LogP contribution in [0.1, 0.15) is 42.9 Å². The molecular formula is C24H34N2O4S. The summed E-state index contributed by atoms with van der Waals surface area (Å²) in [5.74, 6) is 0.830. The maximum absolute atomic E-state index is 12.3. The summed E-state index contributed by atoms with van der Waals surface area (Å²) in [5, 5.41) is 2.93. The van der Waals surface area contributed by atoms with Crippen LogP contribution in [0.15, 0.2) is 42.5 Å². The maximum atomic E-state index is 12.3. The van der Waals surface area contributed by atoms with E-state index in [2.05, 4.69) is 5.32 Å². The number of carbonyl (C=O) groups is 1. The van der Waals surface area contributed by atoms with E-state index >= 15 is 0 Å². The summed E-state index contributed by atoms with van der Waals surface area (Å²) in [6, 6.07) is 13.6. The lowest BCUT2D eigenvalue weighted by molar-refractivity contribution is -0.121. The Hall–Kier alpha value is -2.54. The van der Waals surface area contributed by atoms with E-state index in [-0.39, 0.29) is 18.9 Å². The molecule has 0 aliphatic rings. The second-order valence-corrected chi connectivity index (χ2v) is 9.56. The first-order valence-corrected chi connectivity index (χ1v) is 12.6. The van der Waals surface area contributed by atoms with E-state index in [1.807, 2.05) is 63.2 Å². The van der Waals surface area contributed by atoms with Crippen LogP contribution in [0.3, 0.4) is 0 Å². The monoisotopic (exact) mass is 446 g/mol. The molecular weight excluding hydrogens is 412 g/mol. The number of rotatable bonds is 12. The highest BCUT2D eigenvalue weighted by molar-refractivity contribution is 7.92. The van der Waals surface area contributed by atoms with Crippen LogP contribution < -0.4 is 14.4 Å². The molecule has 1 N–H and O–H groups in total. The van der Waals surface area contributed by atoms with Gasteiger partial charge in [0.25, 0.3) is 0 Å². The Morgan fingerprint density at radius 2 is 1.81 bits per heavy atom. The number of hydrogen-bond donors (Lipinski definition) is 1. The minimum Gasteiger partial charge on any atom is -0.494 e. The van der Waals surface area contributed by atoms with Gasteiger partial charge in [-0.1, -0.05) is 30.3 Å². The molecule has 7 heteroatoms. The highest BCUT2D eigenvalue weighted by Gasteiger charge is 2.19. The Morgan fingerprint density at radius 3 is 2.52 bits per heavy atom. The number of ether oxygens (including phenoxy) is 1. The van der Waals surface area contributed by atoms with E-state index in [9.17, 15) is 13.2 Å². The van der Waals surface area contributed by atoms with E-state index in [0.717, 1.165) is 35.3 Å². The Bertz CT molecular complexity index is 973. The first kappa shape index (κ1) is 24.7. The van der Waals surface area contributed by atoms with Gasteiger partial charge in [-0.2, -0.15) is 0 Å². The smallest absolute Gasteiger partial charge is 0.232 e. The van der Waals surface area contributed by atoms with E-state index in [1.165, 1.54) is 10.6 Å². The maximum Gasteiger partial charge on any atom is 0.232 e. The number of nitrogens with zero attached hydrogens (tertiary/aromatic N) is 1. The standard InChI is InChI=1S/C24H34N2O4S/c1-5-30-23-15-7-6-12-21(23)13-9-17-25-24(27)16-10-18-26(31(4,28)29)22-14-8-11-19(2)20(22)3/h6-8,11-12,14-15H,5,9-10,13,16-18H2,1-4H3,(H,25,27). The van der Waals surface area contributed by atoms with E-state index in [4.69, 9.17) is 4.74 Å². The zero-order valence-corrected chi connectivity index (χ0v) is 19.8. The predicted molar refractivity (Wildman–Crippen MR) is 126 cm³/mol. The number of hydrogen-bond acceptors (Lipinski definition) is 4. The Morgan fingerprint density at radius 1 is 1.06 bits per heavy atom. The lowest BCUT2D eigenvalue weighted by atomic mass is 10.1. The van der Waals surface area contributed by atoms with Gasteiger partial charge >= 0.3 is 0 Å². The van der Waals surface area contributed by atoms with Crippen LogP contribution in [0.4, 0.5) is 5.69 Å². The van der Waals surface area contributed by atoms with Gasteiger partial charge in [-0.05, 0) is 68.9 Å². The van der Waals surface area contributed by atoms with Crippen molar-refractivity contribution >= 4 is 21.6 Å². The number of anilines is 1. The quantitative estimate of drug-likeness (QED) is 0.500. The zero-order chi connectivity index (χ0) is 22.9. The van der Waals surface area contributed by atoms with Crippen LogP contribution >= 0.6 is 0 Å². The molecule has 6 nitrogen and oxygen atoms in total. The van der Waals surface area contributed by atoms with Crippen LogP contribution in [0.5, 0.6) is 5.75 Å². The fraction of sp³-hybridized carbons (Fsp3) is 0.458. The molecule has 0 bridgehead atoms. The van der Waals surface area contributed by atoms with Gasteiger partial charge in [-0.25, -0.2) is 8.42 Å². The van der Waals surface area contributed by atoms with Gasteiger partial charge in [0.2, 0.25) is 15.9 Å². The predicted octanol–water partition coefficient (Wildman–Crippen LogP) is 4.00. The normalized spacial score (nSPS) is 11.2. The van der Waals surface area contributed by atoms with Gasteiger partial charge in [-0.15, -0.1) is 0 Å². The third kappa shape index (κ3) is 7.58. The number of para-hydroxylation sites is 1. The van der Waals surface area contributed by atoms with Gasteiger partial charge in [0.15, 0.2) is 0 Å². The largest absolute Gasteiger partial charge is 0.494 e. The molecule has 2 rings (SSSR count). The molecule has 0 saturated heterocycles. The first-order chi connectivity index (χ1) is 14.7. The fourth-order valence-electron chi connectivity index (χ4n) is 3.46. The molecule has 0 atom stereocenters. The first-order valence-electron chi connectivity index (χ1n) is 10.8. The summed E-state index contributed by atoms with van der Waals surface area (Å²) in [6.07, 6.45) is 3.58. The number of sulfonamides is 1. The third-order valence-corrected chi connectivity index (χ3v) is 6.41. The fourth-order valence-corrected chi connectivity index (χ4v) is 4.47. The van der Waals surface area contributed by atoms with Crippen molar-refractivity contribution in [3.05, 3.63) is 59.2 Å². The van der Waals surface area contributed by atoms with Crippen LogP contribution in [-0.4, -0.2) is 40.3 Å². The highest BCUT2D eigenvalue weighted by Crippen LogP contribution is 2.25. The zero-order valence-electron chi connectivity index (χ0n) is 19.0. The summed E-state index contributed by atoms with van der Waals surface area (Å²) >= 11 is 0. The van der Waals surface area contributed by atoms with E-state index in [1.54, 1.807) is 0 Å². The second kappa shape index (κ2) is 11.7. The van der Waals surface area contributed by atoms with Crippen molar-refractivity contribution < 1.29 is 17.9 Å². The second-order valence-electron chi connectivity index (χ2n) is 7.65. The van der Waals surface area contributed by atoms with Crippen LogP contribution in [0.25, 0.3) is 0 Å². The Kier molecular flexibility index (Phi) is 9.37. The Balaban J connectivity index is 1.81. The summed E-state index contributed by atoms with van der Waals surface area (Å²) in [4.78, 5) is 12.2. The molecule has 0 heterocycles. The molecule has 0 aliphatic heterocycles. The van der Waals surface area contributed by atoms with Gasteiger partial charge in [0.05, 0.1) is 18.6 Å². The van der Waals surface area contributed by atoms with Gasteiger partial charge in [-0.3, -0.25) is 9.10 Å². The number of carbonyl (C=O) groups excluding carboxylic acids is 1. The van der Waals surface area contributed by atoms with E-state index < -0.39 is 10.0 Å². The summed E-state index contributed by atoms with van der Waals surface area (Å²) < 4.78 is 31.6. The molecule has 0 fully saturated rings. The van der Waals surface area contributed by atoms with Crippen molar-refractivity contribution in [1.29, 1.82) is 0 Å². The van der Waals surface area contributed by atoms with Crippen LogP contribution in [0, 0.1) is 13.8 Å². The average molecular weight is 447 g/mol. The van der Waals surface area contributed by atoms with Crippen LogP contribution in [-0.2, 0) is 21.2 Å². The van der Waals surface area contributed by atoms with Crippen molar-refractivity contribution in [1.82, 2.24) is 5.32 Å². The third-order valence-electron chi connectivity index (χ3n) is 5.23. The number of amides is 1. The molecule has 2 aromatic carbocycles. The summed E-state index contributed by atoms with van der Waals surface area (Å²) in [7, 11) is -3.43. The SMILES string of the molecule is CCOc1ccccc1CCCNC(=O)CCCN(c1cccc(C)c1C)S(C)(=O)=O. The minimum atomic E-state index is -3.43. The topological polar surface area (TPSA) is 75.7 Å². The van der Waals surface area contributed by atoms with Crippen molar-refractivity contribution in [3.63, 3.8) is 0 Å². The van der Waals surface area contributed by atoms with Gasteiger partial charge in [0.1, 0.15) is 5.75 Å². The number of nitrogens with one attached hydrogen (secondary N) is 1. The lowest BCUT2D eigenvalue weighted by Gasteiger charge is -2.24. The van der Waals surface area contributed by atoms with E-state index in [0.29, 0.717) is 25.3 Å². The van der Waals surface area contributed by atoms with Crippen molar-refractivity contribution in [2.24, 2.45) is 0 Å². The lowest BCUT2D eigenvalue weighted by Crippen LogP contribution is -2.33. The number of aryl methyl sites for hydroxylation is 2. The number of benzene rings is 2. The van der Waals surface area contributed by atoms with Crippen LogP contribution in [0.2, 0.25) is 0 Å². The summed E-state index contributed by atoms with van der Waals surface area (Å²) in [6.45, 7) is 7.31. The summed E-state index contributed by atoms with van der Waals surface area (Å²) in [5.41, 5.74) is 3.78. The molecule has 0 spiro atoms. The minimum absolute atomic E-state index is 0.0625. The molecule has 0 unspecified atom stereocenters.